The van der Waals surface area contributed by atoms with Crippen LogP contribution in [0.25, 0.3) is 0 Å². The van der Waals surface area contributed by atoms with Crippen molar-refractivity contribution >= 4 is 0 Å². The largest absolute Gasteiger partial charge is 0.596 e. The number of hydrogen-bond donors (Lipinski definition) is 2. The third kappa shape index (κ3) is 1.56. The van der Waals surface area contributed by atoms with Gasteiger partial charge in [0.05, 0.1) is 12.7 Å². The fourth-order valence-corrected chi connectivity index (χ4v) is 0.781. The molecule has 0 amide bonds. The molecule has 5 nitrogen and oxygen atoms in total. The minimum atomic E-state index is -0.256. The molecule has 0 aromatic carbocycles. The smallest absolute Gasteiger partial charge is 0.279 e. The summed E-state index contributed by atoms with van der Waals surface area (Å²) in [5, 5.41) is 15.9. The first-order chi connectivity index (χ1) is 5.25. The van der Waals surface area contributed by atoms with Gasteiger partial charge in [0.1, 0.15) is 0 Å². The molecule has 1 aromatic rings. The SMILES string of the molecule is CNCc1c(=O)cc[nH][n+]1[O-]. The van der Waals surface area contributed by atoms with Gasteiger partial charge in [-0.25, -0.2) is 0 Å². The molecule has 0 aliphatic rings. The molecular formula is C6H9N3O2. The molecule has 0 saturated carbocycles. The van der Waals surface area contributed by atoms with E-state index in [1.54, 1.807) is 7.05 Å². The first-order valence-electron chi connectivity index (χ1n) is 3.20. The highest BCUT2D eigenvalue weighted by Gasteiger charge is 2.07. The maximum Gasteiger partial charge on any atom is 0.279 e. The van der Waals surface area contributed by atoms with Crippen LogP contribution in [0.5, 0.6) is 0 Å². The van der Waals surface area contributed by atoms with E-state index in [2.05, 4.69) is 10.4 Å². The van der Waals surface area contributed by atoms with Crippen LogP contribution in [-0.2, 0) is 6.54 Å². The topological polar surface area (TPSA) is 71.8 Å². The number of nitrogens with zero attached hydrogens (tertiary/aromatic N) is 1. The zero-order chi connectivity index (χ0) is 8.27. The Kier molecular flexibility index (Phi) is 2.22. The van der Waals surface area contributed by atoms with Gasteiger partial charge in [0.25, 0.3) is 11.1 Å². The van der Waals surface area contributed by atoms with E-state index in [1.165, 1.54) is 12.3 Å². The normalized spacial score (nSPS) is 9.91. The van der Waals surface area contributed by atoms with E-state index in [0.717, 1.165) is 0 Å². The fraction of sp³-hybridized carbons (Fsp3) is 0.333. The lowest BCUT2D eigenvalue weighted by Gasteiger charge is -1.99. The minimum Gasteiger partial charge on any atom is -0.596 e. The fourth-order valence-electron chi connectivity index (χ4n) is 0.781. The Hall–Kier alpha value is -1.36. The summed E-state index contributed by atoms with van der Waals surface area (Å²) in [4.78, 5) is 11.4. The number of nitrogens with one attached hydrogen (secondary N) is 2. The highest BCUT2D eigenvalue weighted by Crippen LogP contribution is 1.76. The van der Waals surface area contributed by atoms with Crippen molar-refractivity contribution in [3.63, 3.8) is 0 Å². The molecule has 1 heterocycles. The lowest BCUT2D eigenvalue weighted by molar-refractivity contribution is -0.677. The van der Waals surface area contributed by atoms with E-state index in [9.17, 15) is 10.0 Å². The van der Waals surface area contributed by atoms with E-state index in [4.69, 9.17) is 0 Å². The lowest BCUT2D eigenvalue weighted by Crippen LogP contribution is -2.43. The molecule has 2 N–H and O–H groups in total. The van der Waals surface area contributed by atoms with Gasteiger partial charge in [-0.15, -0.1) is 0 Å². The second-order valence-electron chi connectivity index (χ2n) is 2.10. The summed E-state index contributed by atoms with van der Waals surface area (Å²) in [6.45, 7) is 0.277. The minimum absolute atomic E-state index is 0.176. The Morgan fingerprint density at radius 3 is 3.09 bits per heavy atom. The van der Waals surface area contributed by atoms with Gasteiger partial charge in [-0.1, -0.05) is 4.85 Å². The Balaban J connectivity index is 3.10. The number of rotatable bonds is 2. The van der Waals surface area contributed by atoms with Crippen molar-refractivity contribution < 1.29 is 4.85 Å². The van der Waals surface area contributed by atoms with E-state index < -0.39 is 0 Å². The lowest BCUT2D eigenvalue weighted by atomic mass is 10.4. The molecule has 1 rings (SSSR count). The molecule has 11 heavy (non-hydrogen) atoms. The maximum atomic E-state index is 10.9. The summed E-state index contributed by atoms with van der Waals surface area (Å²) in [5.41, 5.74) is -0.0805. The number of hydrogen-bond acceptors (Lipinski definition) is 3. The van der Waals surface area contributed by atoms with Gasteiger partial charge in [-0.05, 0) is 7.05 Å². The molecule has 0 spiro atoms. The average molecular weight is 155 g/mol. The summed E-state index contributed by atoms with van der Waals surface area (Å²) in [6, 6.07) is 1.32. The van der Waals surface area contributed by atoms with Crippen LogP contribution >= 0.6 is 0 Å². The van der Waals surface area contributed by atoms with Gasteiger partial charge in [0.15, 0.2) is 0 Å². The first kappa shape index (κ1) is 7.74. The van der Waals surface area contributed by atoms with Gasteiger partial charge >= 0.3 is 0 Å². The molecule has 1 aromatic heterocycles. The average Bonchev–Trinajstić information content (AvgIpc) is 1.97. The predicted octanol–water partition coefficient (Wildman–Crippen LogP) is -1.27. The van der Waals surface area contributed by atoms with Crippen LogP contribution in [-0.4, -0.2) is 12.1 Å². The van der Waals surface area contributed by atoms with Crippen molar-refractivity contribution in [2.45, 2.75) is 6.54 Å². The monoisotopic (exact) mass is 155 g/mol. The summed E-state index contributed by atoms with van der Waals surface area (Å²) in [7, 11) is 1.67. The van der Waals surface area contributed by atoms with Gasteiger partial charge < -0.3 is 10.5 Å². The molecule has 0 aliphatic carbocycles. The Bertz CT molecular complexity index is 294. The van der Waals surface area contributed by atoms with Crippen molar-refractivity contribution in [2.24, 2.45) is 0 Å². The summed E-state index contributed by atoms with van der Waals surface area (Å²) in [6.07, 6.45) is 1.31. The number of H-pyrrole nitrogens is 1. The number of aromatic nitrogens is 2. The molecule has 0 aliphatic heterocycles. The Morgan fingerprint density at radius 1 is 1.82 bits per heavy atom. The van der Waals surface area contributed by atoms with Crippen LogP contribution in [0.1, 0.15) is 5.69 Å². The third-order valence-corrected chi connectivity index (χ3v) is 1.30. The molecule has 0 unspecified atom stereocenters. The van der Waals surface area contributed by atoms with E-state index in [0.29, 0.717) is 4.85 Å². The maximum absolute atomic E-state index is 10.9. The zero-order valence-corrected chi connectivity index (χ0v) is 6.13. The molecule has 0 saturated heterocycles. The van der Waals surface area contributed by atoms with Crippen molar-refractivity contribution in [2.75, 3.05) is 7.05 Å². The second kappa shape index (κ2) is 3.16. The number of aromatic amines is 1. The second-order valence-corrected chi connectivity index (χ2v) is 2.10. The van der Waals surface area contributed by atoms with Gasteiger partial charge in [0, 0.05) is 6.07 Å². The van der Waals surface area contributed by atoms with Crippen molar-refractivity contribution in [1.82, 2.24) is 10.4 Å². The third-order valence-electron chi connectivity index (χ3n) is 1.30. The van der Waals surface area contributed by atoms with Crippen LogP contribution < -0.4 is 15.6 Å². The Labute approximate surface area is 63.2 Å². The van der Waals surface area contributed by atoms with E-state index in [1.807, 2.05) is 0 Å². The van der Waals surface area contributed by atoms with Crippen LogP contribution in [0.15, 0.2) is 17.1 Å². The molecular weight excluding hydrogens is 146 g/mol. The predicted molar refractivity (Wildman–Crippen MR) is 38.8 cm³/mol. The zero-order valence-electron chi connectivity index (χ0n) is 6.13. The van der Waals surface area contributed by atoms with Crippen LogP contribution in [0.4, 0.5) is 0 Å². The van der Waals surface area contributed by atoms with E-state index >= 15 is 0 Å². The summed E-state index contributed by atoms with van der Waals surface area (Å²) < 4.78 is 0. The van der Waals surface area contributed by atoms with Crippen molar-refractivity contribution in [3.05, 3.63) is 33.4 Å². The van der Waals surface area contributed by atoms with Gasteiger partial charge in [-0.3, -0.25) is 4.79 Å². The van der Waals surface area contributed by atoms with Crippen molar-refractivity contribution in [3.8, 4) is 0 Å². The molecule has 5 heteroatoms. The van der Waals surface area contributed by atoms with E-state index in [-0.39, 0.29) is 17.7 Å². The highest BCUT2D eigenvalue weighted by molar-refractivity contribution is 4.94. The van der Waals surface area contributed by atoms with Gasteiger partial charge in [-0.2, -0.15) is 5.10 Å². The molecule has 0 bridgehead atoms. The summed E-state index contributed by atoms with van der Waals surface area (Å²) >= 11 is 0. The van der Waals surface area contributed by atoms with Crippen LogP contribution in [0.3, 0.4) is 0 Å². The molecule has 0 fully saturated rings. The standard InChI is InChI=1S/C6H9N3O2/c1-7-4-5-6(10)2-3-8-9(5)11/h2-3,7-8H,4H2,1H3. The molecule has 0 radical (unpaired) electrons. The van der Waals surface area contributed by atoms with Crippen LogP contribution in [0.2, 0.25) is 0 Å². The summed E-state index contributed by atoms with van der Waals surface area (Å²) in [5.74, 6) is 0. The highest BCUT2D eigenvalue weighted by atomic mass is 16.5. The Morgan fingerprint density at radius 2 is 2.55 bits per heavy atom. The quantitative estimate of drug-likeness (QED) is 0.413. The van der Waals surface area contributed by atoms with Crippen molar-refractivity contribution in [1.29, 1.82) is 0 Å². The first-order valence-corrected chi connectivity index (χ1v) is 3.20. The molecule has 60 valence electrons. The van der Waals surface area contributed by atoms with Crippen LogP contribution in [0, 0.1) is 5.21 Å². The molecule has 0 atom stereocenters. The van der Waals surface area contributed by atoms with Gasteiger partial charge in [0.2, 0.25) is 0 Å².